The summed E-state index contributed by atoms with van der Waals surface area (Å²) in [5.41, 5.74) is 2.96. The van der Waals surface area contributed by atoms with Crippen LogP contribution in [-0.2, 0) is 9.47 Å². The molecule has 1 aromatic heterocycles. The zero-order chi connectivity index (χ0) is 24.5. The Kier molecular flexibility index (Phi) is 8.81. The standard InChI is InChI=1S/C26H31N3O5/c1-5-33-26(31)23-17-24(20-8-6-9-22(16-20)32-4)29(28-23)21-12-10-19(11-13-21)25(30)27-14-7-15-34-18(2)3/h6,8-13,16-18H,5,7,14-15H2,1-4H3,(H,27,30). The van der Waals surface area contributed by atoms with Crippen molar-refractivity contribution in [2.24, 2.45) is 0 Å². The molecule has 0 aliphatic carbocycles. The summed E-state index contributed by atoms with van der Waals surface area (Å²) in [5.74, 6) is 0.0355. The van der Waals surface area contributed by atoms with E-state index >= 15 is 0 Å². The monoisotopic (exact) mass is 465 g/mol. The highest BCUT2D eigenvalue weighted by Crippen LogP contribution is 2.27. The third-order valence-corrected chi connectivity index (χ3v) is 4.99. The highest BCUT2D eigenvalue weighted by molar-refractivity contribution is 5.94. The zero-order valence-electron chi connectivity index (χ0n) is 20.0. The maximum atomic E-state index is 12.5. The first-order valence-corrected chi connectivity index (χ1v) is 11.3. The van der Waals surface area contributed by atoms with Crippen molar-refractivity contribution in [2.75, 3.05) is 26.9 Å². The molecular formula is C26H31N3O5. The summed E-state index contributed by atoms with van der Waals surface area (Å²) in [6.45, 7) is 7.11. The highest BCUT2D eigenvalue weighted by atomic mass is 16.5. The van der Waals surface area contributed by atoms with Crippen LogP contribution in [0.15, 0.2) is 54.6 Å². The quantitative estimate of drug-likeness (QED) is 0.336. The minimum atomic E-state index is -0.497. The van der Waals surface area contributed by atoms with Crippen molar-refractivity contribution >= 4 is 11.9 Å². The summed E-state index contributed by atoms with van der Waals surface area (Å²) in [7, 11) is 1.60. The Morgan fingerprint density at radius 2 is 1.85 bits per heavy atom. The lowest BCUT2D eigenvalue weighted by Gasteiger charge is -2.10. The highest BCUT2D eigenvalue weighted by Gasteiger charge is 2.18. The number of esters is 1. The van der Waals surface area contributed by atoms with Crippen LogP contribution in [0, 0.1) is 0 Å². The van der Waals surface area contributed by atoms with Crippen molar-refractivity contribution in [3.63, 3.8) is 0 Å². The lowest BCUT2D eigenvalue weighted by molar-refractivity contribution is 0.0518. The number of ether oxygens (including phenoxy) is 3. The average Bonchev–Trinajstić information content (AvgIpc) is 3.29. The van der Waals surface area contributed by atoms with E-state index < -0.39 is 5.97 Å². The molecule has 0 spiro atoms. The largest absolute Gasteiger partial charge is 0.497 e. The predicted molar refractivity (Wildman–Crippen MR) is 130 cm³/mol. The number of aromatic nitrogens is 2. The maximum absolute atomic E-state index is 12.5. The van der Waals surface area contributed by atoms with Crippen LogP contribution in [0.3, 0.4) is 0 Å². The lowest BCUT2D eigenvalue weighted by Crippen LogP contribution is -2.25. The van der Waals surface area contributed by atoms with E-state index in [1.807, 2.05) is 38.1 Å². The van der Waals surface area contributed by atoms with E-state index in [-0.39, 0.29) is 24.3 Å². The molecule has 1 N–H and O–H groups in total. The molecular weight excluding hydrogens is 434 g/mol. The van der Waals surface area contributed by atoms with Crippen LogP contribution < -0.4 is 10.1 Å². The fraction of sp³-hybridized carbons (Fsp3) is 0.346. The summed E-state index contributed by atoms with van der Waals surface area (Å²) in [6, 6.07) is 16.2. The topological polar surface area (TPSA) is 91.7 Å². The maximum Gasteiger partial charge on any atom is 0.358 e. The molecule has 34 heavy (non-hydrogen) atoms. The molecule has 0 unspecified atom stereocenters. The smallest absolute Gasteiger partial charge is 0.358 e. The fourth-order valence-electron chi connectivity index (χ4n) is 3.32. The molecule has 0 fully saturated rings. The second-order valence-corrected chi connectivity index (χ2v) is 7.85. The number of carbonyl (C=O) groups excluding carboxylic acids is 2. The molecule has 1 amide bonds. The number of hydrogen-bond acceptors (Lipinski definition) is 6. The molecule has 0 saturated carbocycles. The molecule has 3 rings (SSSR count). The van der Waals surface area contributed by atoms with Crippen molar-refractivity contribution in [1.82, 2.24) is 15.1 Å². The van der Waals surface area contributed by atoms with Gasteiger partial charge in [-0.25, -0.2) is 9.48 Å². The van der Waals surface area contributed by atoms with Crippen LogP contribution in [-0.4, -0.2) is 54.6 Å². The molecule has 0 aliphatic heterocycles. The fourth-order valence-corrected chi connectivity index (χ4v) is 3.32. The van der Waals surface area contributed by atoms with Gasteiger partial charge < -0.3 is 19.5 Å². The van der Waals surface area contributed by atoms with Crippen molar-refractivity contribution in [3.8, 4) is 22.7 Å². The molecule has 2 aromatic carbocycles. The molecule has 1 heterocycles. The summed E-state index contributed by atoms with van der Waals surface area (Å²) in [5, 5.41) is 7.37. The van der Waals surface area contributed by atoms with Gasteiger partial charge >= 0.3 is 5.97 Å². The Labute approximate surface area is 199 Å². The van der Waals surface area contributed by atoms with Crippen LogP contribution in [0.5, 0.6) is 5.75 Å². The number of hydrogen-bond donors (Lipinski definition) is 1. The Morgan fingerprint density at radius 3 is 2.53 bits per heavy atom. The van der Waals surface area contributed by atoms with Gasteiger partial charge in [0.1, 0.15) is 5.75 Å². The zero-order valence-corrected chi connectivity index (χ0v) is 20.0. The van der Waals surface area contributed by atoms with E-state index in [1.54, 1.807) is 49.0 Å². The first-order chi connectivity index (χ1) is 16.4. The van der Waals surface area contributed by atoms with Gasteiger partial charge in [0.25, 0.3) is 5.91 Å². The molecule has 0 atom stereocenters. The molecule has 8 heteroatoms. The van der Waals surface area contributed by atoms with Gasteiger partial charge in [-0.15, -0.1) is 0 Å². The number of carbonyl (C=O) groups is 2. The van der Waals surface area contributed by atoms with Crippen molar-refractivity contribution in [3.05, 3.63) is 65.9 Å². The Balaban J connectivity index is 1.82. The van der Waals surface area contributed by atoms with Gasteiger partial charge in [-0.3, -0.25) is 4.79 Å². The van der Waals surface area contributed by atoms with Crippen molar-refractivity contribution < 1.29 is 23.8 Å². The van der Waals surface area contributed by atoms with Crippen LogP contribution in [0.25, 0.3) is 16.9 Å². The minimum absolute atomic E-state index is 0.156. The molecule has 180 valence electrons. The number of amides is 1. The van der Waals surface area contributed by atoms with Gasteiger partial charge in [0.2, 0.25) is 0 Å². The first-order valence-electron chi connectivity index (χ1n) is 11.3. The Hall–Kier alpha value is -3.65. The third-order valence-electron chi connectivity index (χ3n) is 4.99. The van der Waals surface area contributed by atoms with Crippen LogP contribution in [0.4, 0.5) is 0 Å². The third kappa shape index (κ3) is 6.45. The summed E-state index contributed by atoms with van der Waals surface area (Å²) in [6.07, 6.45) is 0.923. The normalized spacial score (nSPS) is 10.9. The summed E-state index contributed by atoms with van der Waals surface area (Å²) < 4.78 is 17.6. The van der Waals surface area contributed by atoms with Gasteiger partial charge in [0, 0.05) is 24.3 Å². The van der Waals surface area contributed by atoms with E-state index in [2.05, 4.69) is 10.4 Å². The molecule has 0 aliphatic rings. The van der Waals surface area contributed by atoms with Crippen LogP contribution in [0.1, 0.15) is 48.0 Å². The van der Waals surface area contributed by atoms with Gasteiger partial charge in [-0.1, -0.05) is 12.1 Å². The average molecular weight is 466 g/mol. The van der Waals surface area contributed by atoms with Gasteiger partial charge in [-0.2, -0.15) is 5.10 Å². The molecule has 0 radical (unpaired) electrons. The van der Waals surface area contributed by atoms with E-state index in [1.165, 1.54) is 0 Å². The molecule has 0 bridgehead atoms. The van der Waals surface area contributed by atoms with E-state index in [9.17, 15) is 9.59 Å². The Bertz CT molecular complexity index is 1110. The summed E-state index contributed by atoms with van der Waals surface area (Å²) >= 11 is 0. The van der Waals surface area contributed by atoms with Gasteiger partial charge in [0.15, 0.2) is 5.69 Å². The molecule has 8 nitrogen and oxygen atoms in total. The first kappa shape index (κ1) is 25.0. The second kappa shape index (κ2) is 12.0. The SMILES string of the molecule is CCOC(=O)c1cc(-c2cccc(OC)c2)n(-c2ccc(C(=O)NCCCOC(C)C)cc2)n1. The number of nitrogens with one attached hydrogen (secondary N) is 1. The lowest BCUT2D eigenvalue weighted by atomic mass is 10.1. The molecule has 3 aromatic rings. The second-order valence-electron chi connectivity index (χ2n) is 7.85. The number of rotatable bonds is 11. The Morgan fingerprint density at radius 1 is 1.09 bits per heavy atom. The predicted octanol–water partition coefficient (Wildman–Crippen LogP) is 4.27. The van der Waals surface area contributed by atoms with Crippen molar-refractivity contribution in [2.45, 2.75) is 33.3 Å². The van der Waals surface area contributed by atoms with E-state index in [0.29, 0.717) is 35.8 Å². The molecule has 0 saturated heterocycles. The van der Waals surface area contributed by atoms with E-state index in [0.717, 1.165) is 12.0 Å². The van der Waals surface area contributed by atoms with Gasteiger partial charge in [-0.05, 0) is 69.7 Å². The van der Waals surface area contributed by atoms with Crippen LogP contribution in [0.2, 0.25) is 0 Å². The van der Waals surface area contributed by atoms with Crippen LogP contribution >= 0.6 is 0 Å². The number of nitrogens with zero attached hydrogens (tertiary/aromatic N) is 2. The minimum Gasteiger partial charge on any atom is -0.497 e. The number of benzene rings is 2. The number of methoxy groups -OCH3 is 1. The van der Waals surface area contributed by atoms with Crippen molar-refractivity contribution in [1.29, 1.82) is 0 Å². The van der Waals surface area contributed by atoms with Gasteiger partial charge in [0.05, 0.1) is 31.2 Å². The van der Waals surface area contributed by atoms with E-state index in [4.69, 9.17) is 14.2 Å². The summed E-state index contributed by atoms with van der Waals surface area (Å²) in [4.78, 5) is 24.8.